The number of carbonyl (C=O) groups excluding carboxylic acids is 1. The van der Waals surface area contributed by atoms with Crippen LogP contribution >= 0.6 is 11.8 Å². The van der Waals surface area contributed by atoms with Crippen LogP contribution in [0.5, 0.6) is 0 Å². The number of carbonyl (C=O) groups is 1. The summed E-state index contributed by atoms with van der Waals surface area (Å²) in [5.41, 5.74) is 1.99. The van der Waals surface area contributed by atoms with Crippen LogP contribution in [0.4, 0.5) is 10.5 Å². The van der Waals surface area contributed by atoms with Crippen LogP contribution in [-0.4, -0.2) is 25.1 Å². The molecule has 92 valence electrons. The van der Waals surface area contributed by atoms with Crippen LogP contribution in [0.15, 0.2) is 24.3 Å². The Balaban J connectivity index is 1.95. The third-order valence-corrected chi connectivity index (χ3v) is 3.44. The SMILES string of the molecule is CCOC(=O)Nc1ccc([C@@H]2OCCS2)cc1. The first kappa shape index (κ1) is 12.3. The molecule has 0 radical (unpaired) electrons. The molecule has 0 unspecified atom stereocenters. The van der Waals surface area contributed by atoms with Crippen LogP contribution in [-0.2, 0) is 9.47 Å². The van der Waals surface area contributed by atoms with E-state index in [9.17, 15) is 4.79 Å². The Labute approximate surface area is 105 Å². The summed E-state index contributed by atoms with van der Waals surface area (Å²) in [6.07, 6.45) is -0.424. The fraction of sp³-hybridized carbons (Fsp3) is 0.417. The number of thioether (sulfide) groups is 1. The Bertz CT molecular complexity index is 374. The fourth-order valence-corrected chi connectivity index (χ4v) is 2.51. The van der Waals surface area contributed by atoms with E-state index in [1.54, 1.807) is 18.7 Å². The topological polar surface area (TPSA) is 47.6 Å². The van der Waals surface area contributed by atoms with Crippen molar-refractivity contribution in [1.29, 1.82) is 0 Å². The average molecular weight is 253 g/mol. The van der Waals surface area contributed by atoms with Crippen LogP contribution in [0.2, 0.25) is 0 Å². The van der Waals surface area contributed by atoms with Gasteiger partial charge < -0.3 is 9.47 Å². The van der Waals surface area contributed by atoms with Gasteiger partial charge in [0.15, 0.2) is 0 Å². The number of rotatable bonds is 3. The second-order valence-corrected chi connectivity index (χ2v) is 4.71. The van der Waals surface area contributed by atoms with Crippen molar-refractivity contribution in [3.8, 4) is 0 Å². The molecule has 0 saturated carbocycles. The summed E-state index contributed by atoms with van der Waals surface area (Å²) in [4.78, 5) is 11.2. The molecule has 1 aliphatic rings. The molecule has 1 saturated heterocycles. The van der Waals surface area contributed by atoms with Crippen LogP contribution < -0.4 is 5.32 Å². The maximum atomic E-state index is 11.2. The molecule has 1 fully saturated rings. The third kappa shape index (κ3) is 3.38. The van der Waals surface area contributed by atoms with Gasteiger partial charge in [0.1, 0.15) is 5.44 Å². The van der Waals surface area contributed by atoms with E-state index in [1.807, 2.05) is 24.3 Å². The zero-order valence-corrected chi connectivity index (χ0v) is 10.5. The van der Waals surface area contributed by atoms with Crippen molar-refractivity contribution in [3.63, 3.8) is 0 Å². The summed E-state index contributed by atoms with van der Waals surface area (Å²) in [5, 5.41) is 2.65. The van der Waals surface area contributed by atoms with E-state index in [-0.39, 0.29) is 5.44 Å². The van der Waals surface area contributed by atoms with E-state index < -0.39 is 6.09 Å². The minimum Gasteiger partial charge on any atom is -0.450 e. The first-order chi connectivity index (χ1) is 8.29. The summed E-state index contributed by atoms with van der Waals surface area (Å²) in [6.45, 7) is 2.95. The predicted molar refractivity (Wildman–Crippen MR) is 68.2 cm³/mol. The molecule has 1 amide bonds. The first-order valence-corrected chi connectivity index (χ1v) is 6.61. The van der Waals surface area contributed by atoms with Crippen molar-refractivity contribution in [2.45, 2.75) is 12.4 Å². The van der Waals surface area contributed by atoms with Crippen molar-refractivity contribution >= 4 is 23.5 Å². The highest BCUT2D eigenvalue weighted by atomic mass is 32.2. The van der Waals surface area contributed by atoms with Gasteiger partial charge in [0.05, 0.1) is 13.2 Å². The average Bonchev–Trinajstić information content (AvgIpc) is 2.84. The summed E-state index contributed by atoms with van der Waals surface area (Å²) >= 11 is 1.79. The molecule has 0 aliphatic carbocycles. The predicted octanol–water partition coefficient (Wildman–Crippen LogP) is 3.02. The second kappa shape index (κ2) is 5.93. The molecule has 2 rings (SSSR count). The second-order valence-electron chi connectivity index (χ2n) is 3.54. The standard InChI is InChI=1S/C12H15NO3S/c1-2-15-12(14)13-10-5-3-9(4-6-10)11-16-7-8-17-11/h3-6,11H,2,7-8H2,1H3,(H,13,14)/t11-/m1/s1. The number of amides is 1. The Morgan fingerprint density at radius 3 is 2.88 bits per heavy atom. The molecular formula is C12H15NO3S. The van der Waals surface area contributed by atoms with Crippen molar-refractivity contribution in [1.82, 2.24) is 0 Å². The number of hydrogen-bond acceptors (Lipinski definition) is 4. The highest BCUT2D eigenvalue weighted by Gasteiger charge is 2.17. The van der Waals surface area contributed by atoms with Gasteiger partial charge in [0.25, 0.3) is 0 Å². The van der Waals surface area contributed by atoms with Gasteiger partial charge in [-0.15, -0.1) is 11.8 Å². The Morgan fingerprint density at radius 2 is 2.29 bits per heavy atom. The number of ether oxygens (including phenoxy) is 2. The van der Waals surface area contributed by atoms with Gasteiger partial charge in [-0.2, -0.15) is 0 Å². The molecule has 0 bridgehead atoms. The molecule has 5 heteroatoms. The molecule has 1 aromatic carbocycles. The normalized spacial score (nSPS) is 19.0. The van der Waals surface area contributed by atoms with Gasteiger partial charge in [0.2, 0.25) is 0 Å². The first-order valence-electron chi connectivity index (χ1n) is 5.56. The molecule has 1 N–H and O–H groups in total. The zero-order valence-electron chi connectivity index (χ0n) is 9.64. The minimum atomic E-state index is -0.424. The van der Waals surface area contributed by atoms with Crippen molar-refractivity contribution in [3.05, 3.63) is 29.8 Å². The Kier molecular flexibility index (Phi) is 4.28. The maximum Gasteiger partial charge on any atom is 0.411 e. The quantitative estimate of drug-likeness (QED) is 0.899. The maximum absolute atomic E-state index is 11.2. The van der Waals surface area contributed by atoms with E-state index in [4.69, 9.17) is 9.47 Å². The third-order valence-electron chi connectivity index (χ3n) is 2.33. The molecule has 1 aromatic rings. The molecular weight excluding hydrogens is 238 g/mol. The van der Waals surface area contributed by atoms with E-state index in [1.165, 1.54) is 0 Å². The van der Waals surface area contributed by atoms with Gasteiger partial charge in [0, 0.05) is 11.4 Å². The van der Waals surface area contributed by atoms with Crippen LogP contribution in [0.25, 0.3) is 0 Å². The molecule has 1 aliphatic heterocycles. The Morgan fingerprint density at radius 1 is 1.53 bits per heavy atom. The van der Waals surface area contributed by atoms with E-state index in [0.717, 1.165) is 23.6 Å². The fourth-order valence-electron chi connectivity index (χ4n) is 1.56. The molecule has 1 heterocycles. The van der Waals surface area contributed by atoms with Gasteiger partial charge >= 0.3 is 6.09 Å². The molecule has 1 atom stereocenters. The monoisotopic (exact) mass is 253 g/mol. The smallest absolute Gasteiger partial charge is 0.411 e. The largest absolute Gasteiger partial charge is 0.450 e. The minimum absolute atomic E-state index is 0.131. The highest BCUT2D eigenvalue weighted by Crippen LogP contribution is 2.35. The molecule has 4 nitrogen and oxygen atoms in total. The van der Waals surface area contributed by atoms with Crippen molar-refractivity contribution in [2.24, 2.45) is 0 Å². The van der Waals surface area contributed by atoms with E-state index >= 15 is 0 Å². The number of hydrogen-bond donors (Lipinski definition) is 1. The van der Waals surface area contributed by atoms with Gasteiger partial charge in [-0.3, -0.25) is 5.32 Å². The van der Waals surface area contributed by atoms with Crippen LogP contribution in [0, 0.1) is 0 Å². The number of anilines is 1. The van der Waals surface area contributed by atoms with Gasteiger partial charge in [-0.25, -0.2) is 4.79 Å². The molecule has 0 aromatic heterocycles. The van der Waals surface area contributed by atoms with Gasteiger partial charge in [-0.05, 0) is 24.6 Å². The summed E-state index contributed by atoms with van der Waals surface area (Å²) < 4.78 is 10.3. The lowest BCUT2D eigenvalue weighted by molar-refractivity contribution is 0.145. The lowest BCUT2D eigenvalue weighted by atomic mass is 10.2. The molecule has 0 spiro atoms. The number of nitrogens with one attached hydrogen (secondary N) is 1. The highest BCUT2D eigenvalue weighted by molar-refractivity contribution is 7.99. The Hall–Kier alpha value is -1.20. The molecule has 17 heavy (non-hydrogen) atoms. The van der Waals surface area contributed by atoms with Crippen LogP contribution in [0.3, 0.4) is 0 Å². The van der Waals surface area contributed by atoms with Crippen molar-refractivity contribution < 1.29 is 14.3 Å². The summed E-state index contributed by atoms with van der Waals surface area (Å²) in [7, 11) is 0. The zero-order chi connectivity index (χ0) is 12.1. The number of benzene rings is 1. The lowest BCUT2D eigenvalue weighted by Crippen LogP contribution is -2.13. The van der Waals surface area contributed by atoms with E-state index in [0.29, 0.717) is 6.61 Å². The van der Waals surface area contributed by atoms with E-state index in [2.05, 4.69) is 5.32 Å². The van der Waals surface area contributed by atoms with Crippen molar-refractivity contribution in [2.75, 3.05) is 24.3 Å². The van der Waals surface area contributed by atoms with Gasteiger partial charge in [-0.1, -0.05) is 12.1 Å². The lowest BCUT2D eigenvalue weighted by Gasteiger charge is -2.10. The van der Waals surface area contributed by atoms with Crippen LogP contribution in [0.1, 0.15) is 17.9 Å². The summed E-state index contributed by atoms with van der Waals surface area (Å²) in [6, 6.07) is 7.64. The summed E-state index contributed by atoms with van der Waals surface area (Å²) in [5.74, 6) is 1.04.